The minimum atomic E-state index is -0.294. The maximum Gasteiger partial charge on any atom is 0.267 e. The Morgan fingerprint density at radius 3 is 2.63 bits per heavy atom. The molecular formula is C20H15FN2O2S2. The van der Waals surface area contributed by atoms with Crippen molar-refractivity contribution in [3.05, 3.63) is 82.2 Å². The molecule has 0 bridgehead atoms. The van der Waals surface area contributed by atoms with E-state index in [-0.39, 0.29) is 11.4 Å². The highest BCUT2D eigenvalue weighted by Crippen LogP contribution is 2.24. The van der Waals surface area contributed by atoms with Gasteiger partial charge < -0.3 is 4.74 Å². The molecule has 4 aromatic rings. The van der Waals surface area contributed by atoms with Gasteiger partial charge in [0.2, 0.25) is 0 Å². The number of thioether (sulfide) groups is 1. The molecule has 0 radical (unpaired) electrons. The van der Waals surface area contributed by atoms with E-state index in [0.717, 1.165) is 10.5 Å². The first-order valence-corrected chi connectivity index (χ1v) is 10.2. The third-order valence-electron chi connectivity index (χ3n) is 3.88. The zero-order chi connectivity index (χ0) is 18.6. The van der Waals surface area contributed by atoms with E-state index in [1.165, 1.54) is 35.2 Å². The molecule has 0 aliphatic rings. The molecule has 0 saturated carbocycles. The van der Waals surface area contributed by atoms with Gasteiger partial charge in [-0.3, -0.25) is 9.36 Å². The van der Waals surface area contributed by atoms with Crippen LogP contribution in [0.2, 0.25) is 0 Å². The summed E-state index contributed by atoms with van der Waals surface area (Å²) < 4.78 is 20.2. The van der Waals surface area contributed by atoms with Crippen LogP contribution in [-0.2, 0) is 0 Å². The third-order valence-corrected chi connectivity index (χ3v) is 5.59. The monoisotopic (exact) mass is 398 g/mol. The predicted molar refractivity (Wildman–Crippen MR) is 108 cm³/mol. The van der Waals surface area contributed by atoms with E-state index in [2.05, 4.69) is 4.98 Å². The van der Waals surface area contributed by atoms with Gasteiger partial charge in [0.05, 0.1) is 17.7 Å². The summed E-state index contributed by atoms with van der Waals surface area (Å²) in [6, 6.07) is 17.2. The van der Waals surface area contributed by atoms with E-state index in [0.29, 0.717) is 28.7 Å². The highest BCUT2D eigenvalue weighted by molar-refractivity contribution is 7.99. The molecule has 4 nitrogen and oxygen atoms in total. The van der Waals surface area contributed by atoms with Crippen molar-refractivity contribution >= 4 is 33.3 Å². The first-order chi connectivity index (χ1) is 13.2. The van der Waals surface area contributed by atoms with E-state index >= 15 is 0 Å². The number of aromatic nitrogens is 2. The van der Waals surface area contributed by atoms with Crippen molar-refractivity contribution < 1.29 is 9.13 Å². The van der Waals surface area contributed by atoms with E-state index in [4.69, 9.17) is 4.74 Å². The maximum atomic E-state index is 12.9. The van der Waals surface area contributed by atoms with Crippen LogP contribution in [0.3, 0.4) is 0 Å². The molecule has 2 aromatic carbocycles. The van der Waals surface area contributed by atoms with Crippen LogP contribution in [0.15, 0.2) is 76.0 Å². The molecule has 0 aliphatic heterocycles. The Labute approximate surface area is 163 Å². The second-order valence-corrected chi connectivity index (χ2v) is 7.62. The third kappa shape index (κ3) is 3.89. The summed E-state index contributed by atoms with van der Waals surface area (Å²) in [6.45, 7) is 0.420. The Morgan fingerprint density at radius 2 is 1.85 bits per heavy atom. The molecule has 0 unspecified atom stereocenters. The lowest BCUT2D eigenvalue weighted by molar-refractivity contribution is 0.343. The van der Waals surface area contributed by atoms with Gasteiger partial charge in [-0.25, -0.2) is 9.37 Å². The van der Waals surface area contributed by atoms with Crippen molar-refractivity contribution in [2.45, 2.75) is 5.16 Å². The zero-order valence-corrected chi connectivity index (χ0v) is 15.8. The fourth-order valence-corrected chi connectivity index (χ4v) is 4.25. The molecule has 0 spiro atoms. The molecule has 0 amide bonds. The smallest absolute Gasteiger partial charge is 0.267 e. The minimum absolute atomic E-state index is 0.0746. The highest BCUT2D eigenvalue weighted by atomic mass is 32.2. The SMILES string of the molecule is O=c1c2ccsc2nc(SCCOc2ccc(F)cc2)n1-c1ccccc1. The summed E-state index contributed by atoms with van der Waals surface area (Å²) in [7, 11) is 0. The van der Waals surface area contributed by atoms with Crippen LogP contribution >= 0.6 is 23.1 Å². The van der Waals surface area contributed by atoms with E-state index < -0.39 is 0 Å². The summed E-state index contributed by atoms with van der Waals surface area (Å²) in [4.78, 5) is 18.3. The van der Waals surface area contributed by atoms with Crippen molar-refractivity contribution in [2.24, 2.45) is 0 Å². The summed E-state index contributed by atoms with van der Waals surface area (Å²) in [5.41, 5.74) is 0.708. The summed E-state index contributed by atoms with van der Waals surface area (Å²) in [5.74, 6) is 0.921. The molecule has 0 fully saturated rings. The standard InChI is InChI=1S/C20H15FN2O2S2/c21-14-6-8-16(9-7-14)25-11-13-27-20-22-18-17(10-12-26-18)19(24)23(20)15-4-2-1-3-5-15/h1-10,12H,11,13H2. The lowest BCUT2D eigenvalue weighted by Crippen LogP contribution is -2.21. The Kier molecular flexibility index (Phi) is 5.22. The average Bonchev–Trinajstić information content (AvgIpc) is 3.16. The predicted octanol–water partition coefficient (Wildman–Crippen LogP) is 4.76. The van der Waals surface area contributed by atoms with Gasteiger partial charge in [0.1, 0.15) is 16.4 Å². The lowest BCUT2D eigenvalue weighted by Gasteiger charge is -2.12. The van der Waals surface area contributed by atoms with Gasteiger partial charge in [0.15, 0.2) is 5.16 Å². The summed E-state index contributed by atoms with van der Waals surface area (Å²) in [6.07, 6.45) is 0. The Morgan fingerprint density at radius 1 is 1.07 bits per heavy atom. The van der Waals surface area contributed by atoms with Crippen LogP contribution in [0.25, 0.3) is 15.9 Å². The minimum Gasteiger partial charge on any atom is -0.493 e. The molecule has 0 aliphatic carbocycles. The molecular weight excluding hydrogens is 383 g/mol. The van der Waals surface area contributed by atoms with Crippen LogP contribution in [-0.4, -0.2) is 21.9 Å². The highest BCUT2D eigenvalue weighted by Gasteiger charge is 2.14. The molecule has 0 atom stereocenters. The van der Waals surface area contributed by atoms with Crippen LogP contribution in [0.5, 0.6) is 5.75 Å². The van der Waals surface area contributed by atoms with E-state index in [1.807, 2.05) is 35.7 Å². The van der Waals surface area contributed by atoms with Crippen LogP contribution in [0.4, 0.5) is 4.39 Å². The number of nitrogens with zero attached hydrogens (tertiary/aromatic N) is 2. The molecule has 27 heavy (non-hydrogen) atoms. The number of thiophene rings is 1. The second kappa shape index (κ2) is 7.94. The average molecular weight is 398 g/mol. The fourth-order valence-electron chi connectivity index (χ4n) is 2.62. The first kappa shape index (κ1) is 17.8. The summed E-state index contributed by atoms with van der Waals surface area (Å²) in [5, 5.41) is 3.13. The van der Waals surface area contributed by atoms with Crippen molar-refractivity contribution in [1.29, 1.82) is 0 Å². The van der Waals surface area contributed by atoms with Gasteiger partial charge in [-0.1, -0.05) is 30.0 Å². The summed E-state index contributed by atoms with van der Waals surface area (Å²) >= 11 is 2.91. The van der Waals surface area contributed by atoms with Crippen molar-refractivity contribution in [1.82, 2.24) is 9.55 Å². The number of hydrogen-bond donors (Lipinski definition) is 0. The van der Waals surface area contributed by atoms with Crippen LogP contribution in [0, 0.1) is 5.82 Å². The lowest BCUT2D eigenvalue weighted by atomic mass is 10.3. The quantitative estimate of drug-likeness (QED) is 0.267. The number of halogens is 1. The van der Waals surface area contributed by atoms with Crippen LogP contribution < -0.4 is 10.3 Å². The Bertz CT molecular complexity index is 1110. The van der Waals surface area contributed by atoms with Gasteiger partial charge >= 0.3 is 0 Å². The van der Waals surface area contributed by atoms with Crippen molar-refractivity contribution in [3.8, 4) is 11.4 Å². The van der Waals surface area contributed by atoms with Gasteiger partial charge in [-0.05, 0) is 47.8 Å². The number of rotatable bonds is 6. The molecule has 136 valence electrons. The first-order valence-electron chi connectivity index (χ1n) is 8.29. The number of para-hydroxylation sites is 1. The molecule has 7 heteroatoms. The molecule has 0 saturated heterocycles. The number of hydrogen-bond acceptors (Lipinski definition) is 5. The normalized spacial score (nSPS) is 11.0. The molecule has 0 N–H and O–H groups in total. The number of fused-ring (bicyclic) bond motifs is 1. The van der Waals surface area contributed by atoms with Gasteiger partial charge in [-0.15, -0.1) is 11.3 Å². The largest absolute Gasteiger partial charge is 0.493 e. The van der Waals surface area contributed by atoms with E-state index in [1.54, 1.807) is 22.8 Å². The van der Waals surface area contributed by atoms with Gasteiger partial charge in [-0.2, -0.15) is 0 Å². The van der Waals surface area contributed by atoms with Gasteiger partial charge in [0.25, 0.3) is 5.56 Å². The number of ether oxygens (including phenoxy) is 1. The number of benzene rings is 2. The molecule has 2 heterocycles. The topological polar surface area (TPSA) is 44.1 Å². The Balaban J connectivity index is 1.57. The molecule has 4 rings (SSSR count). The zero-order valence-electron chi connectivity index (χ0n) is 14.2. The van der Waals surface area contributed by atoms with E-state index in [9.17, 15) is 9.18 Å². The van der Waals surface area contributed by atoms with Crippen LogP contribution in [0.1, 0.15) is 0 Å². The molecule has 2 aromatic heterocycles. The van der Waals surface area contributed by atoms with Crippen molar-refractivity contribution in [3.63, 3.8) is 0 Å². The maximum absolute atomic E-state index is 12.9. The second-order valence-electron chi connectivity index (χ2n) is 5.66. The van der Waals surface area contributed by atoms with Crippen molar-refractivity contribution in [2.75, 3.05) is 12.4 Å². The fraction of sp³-hybridized carbons (Fsp3) is 0.100. The van der Waals surface area contributed by atoms with Gasteiger partial charge in [0, 0.05) is 5.75 Å². The Hall–Kier alpha value is -2.64.